The lowest BCUT2D eigenvalue weighted by molar-refractivity contribution is 0.189. The van der Waals surface area contributed by atoms with E-state index in [2.05, 4.69) is 37.9 Å². The molecule has 0 unspecified atom stereocenters. The smallest absolute Gasteiger partial charge is 0.321 e. The summed E-state index contributed by atoms with van der Waals surface area (Å²) in [5.74, 6) is 0.0336. The van der Waals surface area contributed by atoms with Gasteiger partial charge in [-0.25, -0.2) is 9.18 Å². The highest BCUT2D eigenvalue weighted by molar-refractivity contribution is 5.89. The van der Waals surface area contributed by atoms with Crippen LogP contribution in [0.1, 0.15) is 27.7 Å². The fourth-order valence-electron chi connectivity index (χ4n) is 2.29. The minimum Gasteiger partial charge on any atom is -0.323 e. The second kappa shape index (κ2) is 9.41. The van der Waals surface area contributed by atoms with Crippen molar-refractivity contribution in [2.75, 3.05) is 38.0 Å². The molecule has 0 radical (unpaired) electrons. The van der Waals surface area contributed by atoms with E-state index in [1.807, 2.05) is 0 Å². The number of hydrogen-bond donors (Lipinski definition) is 1. The average molecular weight is 309 g/mol. The van der Waals surface area contributed by atoms with Crippen molar-refractivity contribution in [2.24, 2.45) is 5.92 Å². The summed E-state index contributed by atoms with van der Waals surface area (Å²) in [6.07, 6.45) is 0. The van der Waals surface area contributed by atoms with Crippen LogP contribution in [-0.4, -0.2) is 48.6 Å². The van der Waals surface area contributed by atoms with Crippen LogP contribution >= 0.6 is 0 Å². The number of likely N-dealkylation sites (N-methyl/N-ethyl adjacent to an activating group) is 1. The molecule has 0 saturated carbocycles. The third kappa shape index (κ3) is 6.43. The molecule has 4 nitrogen and oxygen atoms in total. The number of nitrogens with one attached hydrogen (secondary N) is 1. The maximum Gasteiger partial charge on any atom is 0.321 e. The number of hydrogen-bond acceptors (Lipinski definition) is 2. The molecule has 1 rings (SSSR count). The molecule has 0 fully saturated rings. The number of urea groups is 1. The maximum absolute atomic E-state index is 13.2. The fraction of sp³-hybridized carbons (Fsp3) is 0.588. The van der Waals surface area contributed by atoms with E-state index in [9.17, 15) is 9.18 Å². The van der Waals surface area contributed by atoms with Crippen LogP contribution in [0.15, 0.2) is 24.3 Å². The number of anilines is 1. The maximum atomic E-state index is 13.2. The zero-order chi connectivity index (χ0) is 16.5. The van der Waals surface area contributed by atoms with Crippen molar-refractivity contribution in [3.63, 3.8) is 0 Å². The molecular weight excluding hydrogens is 281 g/mol. The van der Waals surface area contributed by atoms with Crippen LogP contribution in [0.25, 0.3) is 0 Å². The van der Waals surface area contributed by atoms with E-state index in [1.54, 1.807) is 17.0 Å². The summed E-state index contributed by atoms with van der Waals surface area (Å²) in [7, 11) is 0. The van der Waals surface area contributed by atoms with Gasteiger partial charge in [0.25, 0.3) is 0 Å². The summed E-state index contributed by atoms with van der Waals surface area (Å²) >= 11 is 0. The van der Waals surface area contributed by atoms with Gasteiger partial charge in [-0.2, -0.15) is 0 Å². The summed E-state index contributed by atoms with van der Waals surface area (Å²) < 4.78 is 13.2. The Kier molecular flexibility index (Phi) is 7.88. The van der Waals surface area contributed by atoms with Gasteiger partial charge in [0.1, 0.15) is 5.82 Å². The number of carbonyl (C=O) groups is 1. The highest BCUT2D eigenvalue weighted by atomic mass is 19.1. The highest BCUT2D eigenvalue weighted by Gasteiger charge is 2.16. The van der Waals surface area contributed by atoms with Crippen LogP contribution in [0.4, 0.5) is 14.9 Å². The number of benzene rings is 1. The minimum atomic E-state index is -0.351. The molecule has 124 valence electrons. The van der Waals surface area contributed by atoms with E-state index in [0.717, 1.165) is 19.6 Å². The van der Waals surface area contributed by atoms with E-state index in [0.29, 0.717) is 24.7 Å². The molecule has 0 saturated heterocycles. The molecule has 0 bridgehead atoms. The molecule has 22 heavy (non-hydrogen) atoms. The van der Waals surface area contributed by atoms with Crippen LogP contribution in [0.3, 0.4) is 0 Å². The standard InChI is InChI=1S/C17H28FN3O/c1-5-20(6-2)10-11-21(13-14(3)4)17(22)19-16-9-7-8-15(18)12-16/h7-9,12,14H,5-6,10-11,13H2,1-4H3,(H,19,22). The van der Waals surface area contributed by atoms with Crippen LogP contribution < -0.4 is 5.32 Å². The predicted molar refractivity (Wildman–Crippen MR) is 89.6 cm³/mol. The Morgan fingerprint density at radius 3 is 2.45 bits per heavy atom. The fourth-order valence-corrected chi connectivity index (χ4v) is 2.29. The van der Waals surface area contributed by atoms with Crippen molar-refractivity contribution in [1.29, 1.82) is 0 Å². The molecule has 0 aliphatic heterocycles. The average Bonchev–Trinajstić information content (AvgIpc) is 2.46. The number of rotatable bonds is 8. The zero-order valence-corrected chi connectivity index (χ0v) is 14.1. The first-order valence-corrected chi connectivity index (χ1v) is 8.00. The third-order valence-corrected chi connectivity index (χ3v) is 3.53. The van der Waals surface area contributed by atoms with Crippen LogP contribution in [0.2, 0.25) is 0 Å². The molecular formula is C17H28FN3O. The second-order valence-corrected chi connectivity index (χ2v) is 5.81. The normalized spacial score (nSPS) is 11.0. The van der Waals surface area contributed by atoms with E-state index >= 15 is 0 Å². The Morgan fingerprint density at radius 1 is 1.23 bits per heavy atom. The lowest BCUT2D eigenvalue weighted by Crippen LogP contribution is -2.42. The monoisotopic (exact) mass is 309 g/mol. The van der Waals surface area contributed by atoms with Gasteiger partial charge in [0, 0.05) is 25.3 Å². The second-order valence-electron chi connectivity index (χ2n) is 5.81. The van der Waals surface area contributed by atoms with Crippen LogP contribution in [0, 0.1) is 11.7 Å². The Balaban J connectivity index is 2.67. The summed E-state index contributed by atoms with van der Waals surface area (Å²) in [6.45, 7) is 12.5. The molecule has 0 aliphatic rings. The van der Waals surface area contributed by atoms with E-state index < -0.39 is 0 Å². The van der Waals surface area contributed by atoms with Gasteiger partial charge in [-0.3, -0.25) is 0 Å². The van der Waals surface area contributed by atoms with E-state index in [4.69, 9.17) is 0 Å². The Bertz CT molecular complexity index is 461. The first-order chi connectivity index (χ1) is 10.5. The lowest BCUT2D eigenvalue weighted by atomic mass is 10.2. The molecule has 0 spiro atoms. The molecule has 1 N–H and O–H groups in total. The molecule has 5 heteroatoms. The van der Waals surface area contributed by atoms with Gasteiger partial charge in [-0.15, -0.1) is 0 Å². The largest absolute Gasteiger partial charge is 0.323 e. The minimum absolute atomic E-state index is 0.175. The zero-order valence-electron chi connectivity index (χ0n) is 14.1. The lowest BCUT2D eigenvalue weighted by Gasteiger charge is -2.28. The van der Waals surface area contributed by atoms with Crippen molar-refractivity contribution in [3.05, 3.63) is 30.1 Å². The highest BCUT2D eigenvalue weighted by Crippen LogP contribution is 2.11. The Labute approximate surface area is 133 Å². The van der Waals surface area contributed by atoms with Gasteiger partial charge < -0.3 is 15.1 Å². The Hall–Kier alpha value is -1.62. The van der Waals surface area contributed by atoms with Crippen molar-refractivity contribution < 1.29 is 9.18 Å². The van der Waals surface area contributed by atoms with Gasteiger partial charge >= 0.3 is 6.03 Å². The number of nitrogens with zero attached hydrogens (tertiary/aromatic N) is 2. The molecule has 0 heterocycles. The van der Waals surface area contributed by atoms with Gasteiger partial charge in [0.05, 0.1) is 0 Å². The van der Waals surface area contributed by atoms with Gasteiger partial charge in [-0.05, 0) is 37.2 Å². The molecule has 0 atom stereocenters. The van der Waals surface area contributed by atoms with Crippen LogP contribution in [0.5, 0.6) is 0 Å². The van der Waals surface area contributed by atoms with Crippen molar-refractivity contribution in [3.8, 4) is 0 Å². The van der Waals surface area contributed by atoms with Crippen molar-refractivity contribution in [2.45, 2.75) is 27.7 Å². The number of carbonyl (C=O) groups excluding carboxylic acids is 1. The summed E-state index contributed by atoms with van der Waals surface area (Å²) in [6, 6.07) is 5.80. The molecule has 1 aromatic rings. The molecule has 1 aromatic carbocycles. The van der Waals surface area contributed by atoms with Gasteiger partial charge in [0.15, 0.2) is 0 Å². The van der Waals surface area contributed by atoms with Gasteiger partial charge in [-0.1, -0.05) is 33.8 Å². The number of amides is 2. The SMILES string of the molecule is CCN(CC)CCN(CC(C)C)C(=O)Nc1cccc(F)c1. The van der Waals surface area contributed by atoms with Crippen LogP contribution in [-0.2, 0) is 0 Å². The molecule has 2 amide bonds. The number of halogens is 1. The van der Waals surface area contributed by atoms with E-state index in [1.165, 1.54) is 12.1 Å². The van der Waals surface area contributed by atoms with E-state index in [-0.39, 0.29) is 11.8 Å². The molecule has 0 aliphatic carbocycles. The summed E-state index contributed by atoms with van der Waals surface area (Å²) in [5.41, 5.74) is 0.488. The third-order valence-electron chi connectivity index (χ3n) is 3.53. The summed E-state index contributed by atoms with van der Waals surface area (Å²) in [5, 5.41) is 2.78. The van der Waals surface area contributed by atoms with Crippen molar-refractivity contribution in [1.82, 2.24) is 9.80 Å². The first-order valence-electron chi connectivity index (χ1n) is 8.00. The quantitative estimate of drug-likeness (QED) is 0.795. The predicted octanol–water partition coefficient (Wildman–Crippen LogP) is 3.66. The Morgan fingerprint density at radius 2 is 1.91 bits per heavy atom. The first kappa shape index (κ1) is 18.4. The topological polar surface area (TPSA) is 35.6 Å². The van der Waals surface area contributed by atoms with Crippen molar-refractivity contribution >= 4 is 11.7 Å². The van der Waals surface area contributed by atoms with Gasteiger partial charge in [0.2, 0.25) is 0 Å². The molecule has 0 aromatic heterocycles. The summed E-state index contributed by atoms with van der Waals surface area (Å²) in [4.78, 5) is 16.5.